The van der Waals surface area contributed by atoms with Gasteiger partial charge < -0.3 is 34.6 Å². The van der Waals surface area contributed by atoms with E-state index in [0.717, 1.165) is 59.6 Å². The Bertz CT molecular complexity index is 1760. The van der Waals surface area contributed by atoms with Gasteiger partial charge in [0, 0.05) is 43.7 Å². The van der Waals surface area contributed by atoms with Crippen molar-refractivity contribution in [3.05, 3.63) is 41.6 Å². The summed E-state index contributed by atoms with van der Waals surface area (Å²) in [5, 5.41) is 4.09. The van der Waals surface area contributed by atoms with Crippen LogP contribution < -0.4 is 15.8 Å². The lowest BCUT2D eigenvalue weighted by Gasteiger charge is -2.30. The normalized spacial score (nSPS) is 26.0. The molecule has 2 amide bonds. The Balaban J connectivity index is 1.32. The van der Waals surface area contributed by atoms with Crippen LogP contribution in [0.3, 0.4) is 0 Å². The van der Waals surface area contributed by atoms with Crippen LogP contribution in [-0.2, 0) is 23.1 Å². The summed E-state index contributed by atoms with van der Waals surface area (Å²) in [6, 6.07) is 9.63. The molecule has 5 atom stereocenters. The van der Waals surface area contributed by atoms with Crippen LogP contribution >= 0.6 is 0 Å². The number of hydrogen-bond acceptors (Lipinski definition) is 7. The number of methoxy groups -OCH3 is 1. The van der Waals surface area contributed by atoms with Crippen LogP contribution in [0.5, 0.6) is 5.75 Å². The van der Waals surface area contributed by atoms with E-state index in [4.69, 9.17) is 25.2 Å². The van der Waals surface area contributed by atoms with Crippen molar-refractivity contribution in [2.45, 2.75) is 64.3 Å². The van der Waals surface area contributed by atoms with Gasteiger partial charge in [-0.1, -0.05) is 0 Å². The van der Waals surface area contributed by atoms with Gasteiger partial charge in [0.2, 0.25) is 5.91 Å². The van der Waals surface area contributed by atoms with E-state index >= 15 is 0 Å². The Hall–Kier alpha value is -3.96. The second-order valence-electron chi connectivity index (χ2n) is 12.9. The summed E-state index contributed by atoms with van der Waals surface area (Å²) in [6.07, 6.45) is 3.09. The maximum atomic E-state index is 13.5. The summed E-state index contributed by atoms with van der Waals surface area (Å²) >= 11 is 0. The number of pyridine rings is 1. The van der Waals surface area contributed by atoms with Crippen molar-refractivity contribution in [2.24, 2.45) is 24.6 Å². The molecule has 0 radical (unpaired) electrons. The minimum absolute atomic E-state index is 0.000978. The number of benzene rings is 1. The van der Waals surface area contributed by atoms with Gasteiger partial charge in [-0.05, 0) is 75.3 Å². The van der Waals surface area contributed by atoms with Crippen molar-refractivity contribution in [3.8, 4) is 17.3 Å². The summed E-state index contributed by atoms with van der Waals surface area (Å²) in [4.78, 5) is 38.2. The van der Waals surface area contributed by atoms with E-state index in [1.165, 1.54) is 0 Å². The number of aromatic nitrogens is 4. The number of carbonyl (C=O) groups excluding carboxylic acids is 2. The molecule has 1 saturated carbocycles. The van der Waals surface area contributed by atoms with Gasteiger partial charge in [-0.2, -0.15) is 0 Å². The van der Waals surface area contributed by atoms with Gasteiger partial charge in [0.1, 0.15) is 16.9 Å². The maximum Gasteiger partial charge on any atom is 0.254 e. The Morgan fingerprint density at radius 2 is 1.98 bits per heavy atom. The van der Waals surface area contributed by atoms with E-state index in [1.807, 2.05) is 48.6 Å². The molecular weight excluding hydrogens is 558 g/mol. The van der Waals surface area contributed by atoms with Gasteiger partial charge in [0.05, 0.1) is 49.2 Å². The number of nitrogens with zero attached hydrogens (tertiary/aromatic N) is 5. The highest BCUT2D eigenvalue weighted by Gasteiger charge is 2.39. The fourth-order valence-corrected chi connectivity index (χ4v) is 6.90. The molecule has 2 bridgehead atoms. The van der Waals surface area contributed by atoms with Crippen LogP contribution in [0.25, 0.3) is 33.6 Å². The monoisotopic (exact) mass is 599 g/mol. The smallest absolute Gasteiger partial charge is 0.254 e. The van der Waals surface area contributed by atoms with Gasteiger partial charge in [-0.25, -0.2) is 9.97 Å². The lowest BCUT2D eigenvalue weighted by atomic mass is 10.0. The standard InChI is InChI=1S/C33H41N7O4/c1-18-10-29(41)35-19(2)25-8-7-20-13-27(40(31(20)36-25)15-22-11-23(22)17-44-18)32-37-26-12-21(14-28(43-4)30(26)38(32)3)33(42)39-9-5-6-24(34)16-39/h7-8,12-14,18-19,22-24H,5-6,9-11,15-17,34H2,1-4H3,(H,35,41)/t18-,19-,22+,23+,24-/m1/s1. The predicted molar refractivity (Wildman–Crippen MR) is 167 cm³/mol. The molecule has 3 aromatic heterocycles. The van der Waals surface area contributed by atoms with Crippen LogP contribution in [0.2, 0.25) is 0 Å². The summed E-state index contributed by atoms with van der Waals surface area (Å²) in [6.45, 7) is 6.60. The van der Waals surface area contributed by atoms with Gasteiger partial charge >= 0.3 is 0 Å². The number of fused-ring (bicyclic) bond motifs is 3. The third-order valence-electron chi connectivity index (χ3n) is 9.52. The zero-order valence-electron chi connectivity index (χ0n) is 25.9. The molecule has 11 nitrogen and oxygen atoms in total. The Morgan fingerprint density at radius 1 is 1.14 bits per heavy atom. The fourth-order valence-electron chi connectivity index (χ4n) is 6.90. The highest BCUT2D eigenvalue weighted by atomic mass is 16.5. The first-order chi connectivity index (χ1) is 21.2. The minimum Gasteiger partial charge on any atom is -0.494 e. The van der Waals surface area contributed by atoms with Crippen molar-refractivity contribution in [1.82, 2.24) is 29.3 Å². The molecule has 3 aliphatic rings. The lowest BCUT2D eigenvalue weighted by molar-refractivity contribution is -0.124. The number of piperidine rings is 1. The minimum atomic E-state index is -0.243. The number of ether oxygens (including phenoxy) is 2. The molecule has 0 spiro atoms. The number of nitrogens with one attached hydrogen (secondary N) is 1. The number of amides is 2. The Kier molecular flexibility index (Phi) is 7.32. The molecule has 0 unspecified atom stereocenters. The van der Waals surface area contributed by atoms with Crippen molar-refractivity contribution < 1.29 is 19.1 Å². The van der Waals surface area contributed by atoms with Crippen molar-refractivity contribution in [3.63, 3.8) is 0 Å². The fraction of sp³-hybridized carbons (Fsp3) is 0.515. The van der Waals surface area contributed by atoms with Crippen LogP contribution in [0.4, 0.5) is 0 Å². The molecule has 1 saturated heterocycles. The molecule has 3 N–H and O–H groups in total. The zero-order valence-corrected chi connectivity index (χ0v) is 25.9. The third-order valence-corrected chi connectivity index (χ3v) is 9.52. The number of rotatable bonds is 3. The van der Waals surface area contributed by atoms with Crippen molar-refractivity contribution in [2.75, 3.05) is 26.8 Å². The van der Waals surface area contributed by atoms with Gasteiger partial charge in [-0.15, -0.1) is 0 Å². The number of aryl methyl sites for hydroxylation is 1. The van der Waals surface area contributed by atoms with Crippen LogP contribution in [0.1, 0.15) is 61.6 Å². The molecule has 5 heterocycles. The van der Waals surface area contributed by atoms with Crippen LogP contribution in [-0.4, -0.2) is 74.8 Å². The number of nitrogens with two attached hydrogens (primary N) is 1. The summed E-state index contributed by atoms with van der Waals surface area (Å²) in [5.74, 6) is 2.16. The molecule has 4 aromatic rings. The number of hydrogen-bond donors (Lipinski definition) is 2. The first-order valence-electron chi connectivity index (χ1n) is 15.7. The van der Waals surface area contributed by atoms with Crippen LogP contribution in [0.15, 0.2) is 30.3 Å². The molecule has 11 heteroatoms. The van der Waals surface area contributed by atoms with E-state index in [-0.39, 0.29) is 30.0 Å². The quantitative estimate of drug-likeness (QED) is 0.367. The summed E-state index contributed by atoms with van der Waals surface area (Å²) < 4.78 is 16.2. The maximum absolute atomic E-state index is 13.5. The second kappa shape index (κ2) is 11.2. The van der Waals surface area contributed by atoms with E-state index < -0.39 is 0 Å². The molecule has 1 aromatic carbocycles. The highest BCUT2D eigenvalue weighted by Crippen LogP contribution is 2.43. The van der Waals surface area contributed by atoms with Crippen molar-refractivity contribution >= 4 is 33.9 Å². The molecule has 2 aliphatic heterocycles. The van der Waals surface area contributed by atoms with E-state index in [1.54, 1.807) is 7.11 Å². The lowest BCUT2D eigenvalue weighted by Crippen LogP contribution is -2.45. The number of imidazole rings is 1. The average Bonchev–Trinajstić information content (AvgIpc) is 3.54. The van der Waals surface area contributed by atoms with Gasteiger partial charge in [0.25, 0.3) is 5.91 Å². The van der Waals surface area contributed by atoms with E-state index in [0.29, 0.717) is 54.8 Å². The predicted octanol–water partition coefficient (Wildman–Crippen LogP) is 3.78. The number of likely N-dealkylation sites (tertiary alicyclic amines) is 1. The highest BCUT2D eigenvalue weighted by molar-refractivity contribution is 6.00. The first kappa shape index (κ1) is 28.8. The second-order valence-corrected chi connectivity index (χ2v) is 12.9. The van der Waals surface area contributed by atoms with Crippen molar-refractivity contribution in [1.29, 1.82) is 0 Å². The van der Waals surface area contributed by atoms with Gasteiger partial charge in [0.15, 0.2) is 5.82 Å². The molecule has 7 rings (SSSR count). The zero-order chi connectivity index (χ0) is 30.7. The summed E-state index contributed by atoms with van der Waals surface area (Å²) in [7, 11) is 3.61. The largest absolute Gasteiger partial charge is 0.494 e. The molecule has 44 heavy (non-hydrogen) atoms. The summed E-state index contributed by atoms with van der Waals surface area (Å²) in [5.41, 5.74) is 10.9. The SMILES string of the molecule is COc1cc(C(=O)N2CCC[C@@H](N)C2)cc2nc(-c3cc4ccc5nc4n3C[C@@H]3C[C@H]3CO[C@H](C)CC(=O)N[C@@H]5C)n(C)c12. The molecular formula is C33H41N7O4. The number of carbonyl (C=O) groups is 2. The third kappa shape index (κ3) is 5.21. The molecule has 232 valence electrons. The topological polar surface area (TPSA) is 130 Å². The van der Waals surface area contributed by atoms with Gasteiger partial charge in [-0.3, -0.25) is 9.59 Å². The van der Waals surface area contributed by atoms with E-state index in [2.05, 4.69) is 22.0 Å². The molecule has 1 aliphatic carbocycles. The Labute approximate surface area is 256 Å². The van der Waals surface area contributed by atoms with E-state index in [9.17, 15) is 9.59 Å². The molecule has 2 fully saturated rings. The first-order valence-corrected chi connectivity index (χ1v) is 15.7. The van der Waals surface area contributed by atoms with Crippen LogP contribution in [0, 0.1) is 11.8 Å². The average molecular weight is 600 g/mol. The Morgan fingerprint density at radius 3 is 2.77 bits per heavy atom.